The summed E-state index contributed by atoms with van der Waals surface area (Å²) in [6.07, 6.45) is 0.695. The summed E-state index contributed by atoms with van der Waals surface area (Å²) in [5.41, 5.74) is 0. The van der Waals surface area contributed by atoms with E-state index in [0.29, 0.717) is 6.41 Å². The fourth-order valence-corrected chi connectivity index (χ4v) is 2.96. The van der Waals surface area contributed by atoms with Crippen LogP contribution in [0.5, 0.6) is 0 Å². The number of amides is 1. The van der Waals surface area contributed by atoms with Gasteiger partial charge >= 0.3 is 0 Å². The van der Waals surface area contributed by atoms with Crippen molar-refractivity contribution in [2.75, 3.05) is 35.2 Å². The Labute approximate surface area is 74.0 Å². The standard InChI is InChI=1S/C6H17N4OP/c1-8(2)12(7,9(3)4)10(5)6-11/h6-7H,1-5H3. The summed E-state index contributed by atoms with van der Waals surface area (Å²) in [6.45, 7) is 0. The number of nitrogens with one attached hydrogen (secondary N) is 1. The summed E-state index contributed by atoms with van der Waals surface area (Å²) >= 11 is 0. The highest BCUT2D eigenvalue weighted by atomic mass is 31.2. The van der Waals surface area contributed by atoms with Crippen LogP contribution < -0.4 is 0 Å². The maximum absolute atomic E-state index is 10.5. The monoisotopic (exact) mass is 192 g/mol. The van der Waals surface area contributed by atoms with E-state index in [1.165, 1.54) is 4.67 Å². The molecule has 0 saturated carbocycles. The smallest absolute Gasteiger partial charge is 0.215 e. The van der Waals surface area contributed by atoms with E-state index in [1.807, 2.05) is 0 Å². The van der Waals surface area contributed by atoms with Crippen molar-refractivity contribution in [2.24, 2.45) is 0 Å². The van der Waals surface area contributed by atoms with E-state index < -0.39 is 7.51 Å². The molecule has 0 atom stereocenters. The molecule has 0 aromatic rings. The Morgan fingerprint density at radius 2 is 1.42 bits per heavy atom. The summed E-state index contributed by atoms with van der Waals surface area (Å²) in [5, 5.41) is 8.09. The minimum Gasteiger partial charge on any atom is -0.291 e. The molecule has 12 heavy (non-hydrogen) atoms. The van der Waals surface area contributed by atoms with Crippen molar-refractivity contribution in [2.45, 2.75) is 0 Å². The van der Waals surface area contributed by atoms with Gasteiger partial charge in [-0.25, -0.2) is 9.34 Å². The second kappa shape index (κ2) is 4.03. The van der Waals surface area contributed by atoms with Crippen LogP contribution in [-0.4, -0.2) is 55.7 Å². The highest BCUT2D eigenvalue weighted by Crippen LogP contribution is 2.51. The largest absolute Gasteiger partial charge is 0.291 e. The summed E-state index contributed by atoms with van der Waals surface area (Å²) in [4.78, 5) is 10.5. The lowest BCUT2D eigenvalue weighted by molar-refractivity contribution is -0.113. The van der Waals surface area contributed by atoms with Crippen LogP contribution in [0.2, 0.25) is 0 Å². The fourth-order valence-electron chi connectivity index (χ4n) is 0.988. The number of carbonyl (C=O) groups excluding carboxylic acids is 1. The molecule has 1 amide bonds. The lowest BCUT2D eigenvalue weighted by atomic mass is 11.2. The molecule has 0 saturated heterocycles. The van der Waals surface area contributed by atoms with E-state index in [1.54, 1.807) is 44.6 Å². The molecule has 0 fully saturated rings. The van der Waals surface area contributed by atoms with E-state index in [0.717, 1.165) is 0 Å². The molecule has 0 unspecified atom stereocenters. The highest BCUT2D eigenvalue weighted by Gasteiger charge is 2.26. The maximum atomic E-state index is 10.5. The molecule has 0 heterocycles. The first-order valence-electron chi connectivity index (χ1n) is 3.55. The van der Waals surface area contributed by atoms with Crippen LogP contribution in [-0.2, 0) is 4.79 Å². The molecule has 0 rings (SSSR count). The van der Waals surface area contributed by atoms with E-state index in [2.05, 4.69) is 0 Å². The molecule has 6 heteroatoms. The zero-order chi connectivity index (χ0) is 9.94. The van der Waals surface area contributed by atoms with Gasteiger partial charge in [0.05, 0.1) is 0 Å². The molecule has 0 aliphatic rings. The molecule has 1 N–H and O–H groups in total. The van der Waals surface area contributed by atoms with E-state index in [9.17, 15) is 4.79 Å². The molecular weight excluding hydrogens is 175 g/mol. The van der Waals surface area contributed by atoms with Gasteiger partial charge in [-0.05, 0) is 28.2 Å². The predicted molar refractivity (Wildman–Crippen MR) is 50.8 cm³/mol. The number of hydrogen-bond acceptors (Lipinski definition) is 2. The van der Waals surface area contributed by atoms with Crippen LogP contribution in [0, 0.1) is 5.16 Å². The van der Waals surface area contributed by atoms with E-state index in [-0.39, 0.29) is 0 Å². The Hall–Kier alpha value is -0.380. The summed E-state index contributed by atoms with van der Waals surface area (Å²) in [7, 11) is 6.54. The van der Waals surface area contributed by atoms with Gasteiger partial charge in [-0.2, -0.15) is 0 Å². The Morgan fingerprint density at radius 3 is 1.50 bits per heavy atom. The molecule has 0 radical (unpaired) electrons. The first-order valence-corrected chi connectivity index (χ1v) is 5.20. The second-order valence-electron chi connectivity index (χ2n) is 2.94. The third-order valence-corrected chi connectivity index (χ3v) is 4.91. The van der Waals surface area contributed by atoms with Crippen LogP contribution in [0.25, 0.3) is 0 Å². The topological polar surface area (TPSA) is 50.6 Å². The van der Waals surface area contributed by atoms with Crippen molar-refractivity contribution in [1.82, 2.24) is 14.0 Å². The molecule has 0 bridgehead atoms. The second-order valence-corrected chi connectivity index (χ2v) is 6.31. The van der Waals surface area contributed by atoms with Crippen LogP contribution in [0.3, 0.4) is 0 Å². The minimum absolute atomic E-state index is 0.695. The SMILES string of the molecule is CN(C)P(=N)(N(C)C)N(C)C=O. The molecule has 0 aliphatic carbocycles. The fraction of sp³-hybridized carbons (Fsp3) is 0.833. The third kappa shape index (κ3) is 1.86. The van der Waals surface area contributed by atoms with Gasteiger partial charge in [-0.15, -0.1) is 0 Å². The van der Waals surface area contributed by atoms with Crippen molar-refractivity contribution in [3.05, 3.63) is 0 Å². The van der Waals surface area contributed by atoms with E-state index in [4.69, 9.17) is 5.16 Å². The van der Waals surface area contributed by atoms with Crippen molar-refractivity contribution in [3.8, 4) is 0 Å². The van der Waals surface area contributed by atoms with Crippen molar-refractivity contribution in [1.29, 1.82) is 5.16 Å². The molecule has 0 aromatic heterocycles. The van der Waals surface area contributed by atoms with Crippen LogP contribution in [0.4, 0.5) is 0 Å². The normalized spacial score (nSPS) is 12.2. The summed E-state index contributed by atoms with van der Waals surface area (Å²) in [6, 6.07) is 0. The predicted octanol–water partition coefficient (Wildman–Crippen LogP) is 0.723. The average molecular weight is 192 g/mol. The summed E-state index contributed by atoms with van der Waals surface area (Å²) in [5.74, 6) is 0. The van der Waals surface area contributed by atoms with E-state index >= 15 is 0 Å². The minimum atomic E-state index is -2.32. The third-order valence-electron chi connectivity index (χ3n) is 1.71. The summed E-state index contributed by atoms with van der Waals surface area (Å²) < 4.78 is 4.94. The van der Waals surface area contributed by atoms with Gasteiger partial charge in [0.15, 0.2) is 7.51 Å². The van der Waals surface area contributed by atoms with Crippen LogP contribution in [0.15, 0.2) is 0 Å². The molecule has 5 nitrogen and oxygen atoms in total. The van der Waals surface area contributed by atoms with Gasteiger partial charge in [0.25, 0.3) is 0 Å². The molecule has 0 aliphatic heterocycles. The number of rotatable bonds is 4. The van der Waals surface area contributed by atoms with Gasteiger partial charge in [0, 0.05) is 7.05 Å². The van der Waals surface area contributed by atoms with Gasteiger partial charge in [-0.1, -0.05) is 0 Å². The molecule has 0 aromatic carbocycles. The van der Waals surface area contributed by atoms with Gasteiger partial charge in [0.1, 0.15) is 0 Å². The van der Waals surface area contributed by atoms with Crippen molar-refractivity contribution >= 4 is 13.9 Å². The number of hydrogen-bond donors (Lipinski definition) is 1. The zero-order valence-corrected chi connectivity index (χ0v) is 9.17. The molecule has 72 valence electrons. The van der Waals surface area contributed by atoms with Crippen molar-refractivity contribution in [3.63, 3.8) is 0 Å². The first kappa shape index (κ1) is 11.6. The lowest BCUT2D eigenvalue weighted by Gasteiger charge is -2.38. The molecular formula is C6H17N4OP. The quantitative estimate of drug-likeness (QED) is 0.527. The average Bonchev–Trinajstić information content (AvgIpc) is 2.00. The number of carbonyl (C=O) groups is 1. The Kier molecular flexibility index (Phi) is 3.90. The Morgan fingerprint density at radius 1 is 1.08 bits per heavy atom. The molecule has 0 spiro atoms. The lowest BCUT2D eigenvalue weighted by Crippen LogP contribution is -2.31. The first-order chi connectivity index (χ1) is 5.37. The zero-order valence-electron chi connectivity index (χ0n) is 8.27. The Bertz CT molecular complexity index is 192. The highest BCUT2D eigenvalue weighted by molar-refractivity contribution is 7.58. The van der Waals surface area contributed by atoms with Crippen LogP contribution >= 0.6 is 7.51 Å². The number of nitrogens with zero attached hydrogens (tertiary/aromatic N) is 3. The van der Waals surface area contributed by atoms with Crippen molar-refractivity contribution < 1.29 is 4.79 Å². The maximum Gasteiger partial charge on any atom is 0.215 e. The van der Waals surface area contributed by atoms with Gasteiger partial charge < -0.3 is 0 Å². The van der Waals surface area contributed by atoms with Gasteiger partial charge in [0.2, 0.25) is 6.41 Å². The van der Waals surface area contributed by atoms with Crippen LogP contribution in [0.1, 0.15) is 0 Å². The van der Waals surface area contributed by atoms with Gasteiger partial charge in [-0.3, -0.25) is 14.6 Å². The Balaban J connectivity index is 4.87.